The molecule has 1 aromatic heterocycles. The first-order valence-corrected chi connectivity index (χ1v) is 12.9. The Morgan fingerprint density at radius 1 is 0.912 bits per heavy atom. The van der Waals surface area contributed by atoms with Gasteiger partial charge in [-0.1, -0.05) is 89.1 Å². The molecule has 172 valence electrons. The van der Waals surface area contributed by atoms with Gasteiger partial charge in [-0.2, -0.15) is 0 Å². The van der Waals surface area contributed by atoms with Gasteiger partial charge >= 0.3 is 5.97 Å². The highest BCUT2D eigenvalue weighted by atomic mass is 32.2. The van der Waals surface area contributed by atoms with Crippen LogP contribution in [-0.2, 0) is 27.1 Å². The SMILES string of the molecule is Cc1noc(-c2ccc(-c3ccc(C4(C(=O)O)CC4)cc3)cc2)c1C[S+](C)[O-].c1cc2ccc1-2. The first kappa shape index (κ1) is 22.4. The molecule has 1 fully saturated rings. The van der Waals surface area contributed by atoms with Gasteiger partial charge in [0.1, 0.15) is 5.75 Å². The summed E-state index contributed by atoms with van der Waals surface area (Å²) in [7, 11) is 0. The van der Waals surface area contributed by atoms with Crippen molar-refractivity contribution in [2.45, 2.75) is 30.9 Å². The Hall–Kier alpha value is -3.35. The number of nitrogens with zero attached hydrogens (tertiary/aromatic N) is 1. The third-order valence-electron chi connectivity index (χ3n) is 6.63. The Morgan fingerprint density at radius 2 is 1.35 bits per heavy atom. The van der Waals surface area contributed by atoms with Crippen LogP contribution < -0.4 is 0 Å². The van der Waals surface area contributed by atoms with Gasteiger partial charge in [-0.3, -0.25) is 4.79 Å². The largest absolute Gasteiger partial charge is 0.616 e. The highest BCUT2D eigenvalue weighted by molar-refractivity contribution is 7.89. The van der Waals surface area contributed by atoms with Crippen LogP contribution in [0, 0.1) is 6.92 Å². The summed E-state index contributed by atoms with van der Waals surface area (Å²) < 4.78 is 17.1. The molecule has 1 unspecified atom stereocenters. The summed E-state index contributed by atoms with van der Waals surface area (Å²) in [6.45, 7) is 1.86. The van der Waals surface area contributed by atoms with Gasteiger partial charge in [0.25, 0.3) is 0 Å². The normalized spacial score (nSPS) is 15.1. The van der Waals surface area contributed by atoms with Gasteiger partial charge in [0.15, 0.2) is 5.76 Å². The molecule has 1 saturated carbocycles. The number of benzene rings is 3. The topological polar surface area (TPSA) is 86.4 Å². The summed E-state index contributed by atoms with van der Waals surface area (Å²) in [5.74, 6) is 0.335. The van der Waals surface area contributed by atoms with Crippen LogP contribution in [0.15, 0.2) is 77.3 Å². The summed E-state index contributed by atoms with van der Waals surface area (Å²) in [6, 6.07) is 24.2. The molecule has 1 N–H and O–H groups in total. The minimum atomic E-state index is -0.973. The van der Waals surface area contributed by atoms with E-state index >= 15 is 0 Å². The van der Waals surface area contributed by atoms with Crippen molar-refractivity contribution < 1.29 is 19.0 Å². The van der Waals surface area contributed by atoms with E-state index < -0.39 is 22.6 Å². The van der Waals surface area contributed by atoms with Crippen LogP contribution in [-0.4, -0.2) is 27.0 Å². The first-order chi connectivity index (χ1) is 16.4. The summed E-state index contributed by atoms with van der Waals surface area (Å²) in [6.07, 6.45) is 3.08. The molecule has 1 heterocycles. The maximum atomic E-state index is 11.6. The Labute approximate surface area is 201 Å². The van der Waals surface area contributed by atoms with Crippen LogP contribution in [0.25, 0.3) is 33.6 Å². The minimum absolute atomic E-state index is 0.416. The average molecular weight is 472 g/mol. The number of aryl methyl sites for hydroxylation is 1. The molecule has 0 amide bonds. The lowest BCUT2D eigenvalue weighted by Gasteiger charge is -2.11. The molecule has 0 aliphatic heterocycles. The van der Waals surface area contributed by atoms with Crippen molar-refractivity contribution >= 4 is 17.1 Å². The second-order valence-electron chi connectivity index (χ2n) is 8.91. The van der Waals surface area contributed by atoms with E-state index in [1.54, 1.807) is 6.26 Å². The molecule has 34 heavy (non-hydrogen) atoms. The number of carbonyl (C=O) groups is 1. The molecule has 3 aliphatic rings. The van der Waals surface area contributed by atoms with Crippen LogP contribution in [0.4, 0.5) is 0 Å². The zero-order chi connectivity index (χ0) is 23.9. The predicted molar refractivity (Wildman–Crippen MR) is 134 cm³/mol. The lowest BCUT2D eigenvalue weighted by atomic mass is 9.93. The first-order valence-electron chi connectivity index (χ1n) is 11.2. The zero-order valence-corrected chi connectivity index (χ0v) is 19.9. The van der Waals surface area contributed by atoms with Crippen molar-refractivity contribution in [3.05, 3.63) is 89.6 Å². The smallest absolute Gasteiger partial charge is 0.314 e. The number of rotatable bonds is 6. The van der Waals surface area contributed by atoms with E-state index in [1.807, 2.05) is 55.5 Å². The van der Waals surface area contributed by atoms with Gasteiger partial charge in [-0.15, -0.1) is 0 Å². The Bertz CT molecular complexity index is 1300. The van der Waals surface area contributed by atoms with Gasteiger partial charge in [0.05, 0.1) is 22.9 Å². The third kappa shape index (κ3) is 4.15. The van der Waals surface area contributed by atoms with Crippen LogP contribution in [0.5, 0.6) is 0 Å². The summed E-state index contributed by atoms with van der Waals surface area (Å²) >= 11 is -0.973. The van der Waals surface area contributed by atoms with E-state index in [0.717, 1.165) is 33.5 Å². The standard InChI is InChI=1S/C22H21NO4S.C6H4/c1-14-19(13-28(2)26)20(27-23-14)17-5-3-15(4-6-17)16-7-9-18(10-8-16)22(11-12-22)21(24)25;1-2-6-4-3-5(1)6/h3-10H,11-13H2,1-2H3,(H,24,25);1-4H. The van der Waals surface area contributed by atoms with Crippen LogP contribution in [0.2, 0.25) is 0 Å². The summed E-state index contributed by atoms with van der Waals surface area (Å²) in [5, 5.41) is 13.4. The van der Waals surface area contributed by atoms with Crippen molar-refractivity contribution in [2.75, 3.05) is 6.26 Å². The zero-order valence-electron chi connectivity index (χ0n) is 19.1. The monoisotopic (exact) mass is 471 g/mol. The van der Waals surface area contributed by atoms with Gasteiger partial charge in [-0.05, 0) is 47.6 Å². The Balaban J connectivity index is 0.000000343. The van der Waals surface area contributed by atoms with Gasteiger partial charge in [0, 0.05) is 5.56 Å². The van der Waals surface area contributed by atoms with Crippen LogP contribution in [0.1, 0.15) is 29.7 Å². The quantitative estimate of drug-likeness (QED) is 0.308. The van der Waals surface area contributed by atoms with Crippen LogP contribution >= 0.6 is 0 Å². The van der Waals surface area contributed by atoms with Crippen molar-refractivity contribution in [1.29, 1.82) is 0 Å². The minimum Gasteiger partial charge on any atom is -0.616 e. The fourth-order valence-electron chi connectivity index (χ4n) is 4.20. The van der Waals surface area contributed by atoms with Gasteiger partial charge in [-0.25, -0.2) is 0 Å². The number of aliphatic carboxylic acids is 1. The number of aromatic nitrogens is 1. The van der Waals surface area contributed by atoms with E-state index in [0.29, 0.717) is 24.4 Å². The molecule has 1 atom stereocenters. The molecule has 6 heteroatoms. The molecular weight excluding hydrogens is 446 g/mol. The molecule has 5 nitrogen and oxygen atoms in total. The molecule has 0 radical (unpaired) electrons. The molecule has 3 aliphatic carbocycles. The summed E-state index contributed by atoms with van der Waals surface area (Å²) in [5.41, 5.74) is 7.64. The fraction of sp³-hybridized carbons (Fsp3) is 0.214. The van der Waals surface area contributed by atoms with Gasteiger partial charge in [0.2, 0.25) is 0 Å². The molecular formula is C28H25NO4S. The maximum Gasteiger partial charge on any atom is 0.314 e. The number of hydrogen-bond donors (Lipinski definition) is 1. The highest BCUT2D eigenvalue weighted by Gasteiger charge is 2.51. The molecule has 3 aromatic rings. The number of carboxylic acid groups (broad SMARTS) is 1. The van der Waals surface area contributed by atoms with E-state index in [1.165, 1.54) is 11.1 Å². The second-order valence-corrected chi connectivity index (χ2v) is 10.3. The lowest BCUT2D eigenvalue weighted by molar-refractivity contribution is -0.140. The Kier molecular flexibility index (Phi) is 5.80. The lowest BCUT2D eigenvalue weighted by Crippen LogP contribution is -2.19. The molecule has 0 spiro atoms. The molecule has 2 aromatic carbocycles. The van der Waals surface area contributed by atoms with E-state index in [4.69, 9.17) is 4.52 Å². The maximum absolute atomic E-state index is 11.6. The Morgan fingerprint density at radius 3 is 1.76 bits per heavy atom. The third-order valence-corrected chi connectivity index (χ3v) is 7.32. The predicted octanol–water partition coefficient (Wildman–Crippen LogP) is 5.98. The van der Waals surface area contributed by atoms with E-state index in [2.05, 4.69) is 29.4 Å². The number of carboxylic acids is 1. The van der Waals surface area contributed by atoms with E-state index in [-0.39, 0.29) is 0 Å². The van der Waals surface area contributed by atoms with Gasteiger partial charge < -0.3 is 14.2 Å². The average Bonchev–Trinajstić information content (AvgIpc) is 3.57. The number of hydrogen-bond acceptors (Lipinski definition) is 4. The number of fused-ring (bicyclic) bond motifs is 1. The van der Waals surface area contributed by atoms with Crippen LogP contribution in [0.3, 0.4) is 0 Å². The van der Waals surface area contributed by atoms with E-state index in [9.17, 15) is 14.5 Å². The molecule has 6 rings (SSSR count). The van der Waals surface area contributed by atoms with Crippen molar-refractivity contribution in [2.24, 2.45) is 0 Å². The molecule has 0 bridgehead atoms. The van der Waals surface area contributed by atoms with Crippen molar-refractivity contribution in [3.8, 4) is 33.6 Å². The van der Waals surface area contributed by atoms with Crippen molar-refractivity contribution in [3.63, 3.8) is 0 Å². The highest BCUT2D eigenvalue weighted by Crippen LogP contribution is 2.48. The summed E-state index contributed by atoms with van der Waals surface area (Å²) in [4.78, 5) is 11.5. The fourth-order valence-corrected chi connectivity index (χ4v) is 4.94. The molecule has 0 saturated heterocycles. The second kappa shape index (κ2) is 8.78. The van der Waals surface area contributed by atoms with Crippen molar-refractivity contribution in [1.82, 2.24) is 5.16 Å².